The number of ether oxygens (including phenoxy) is 1. The molecule has 1 aliphatic carbocycles. The number of likely N-dealkylation sites (tertiary alicyclic amines) is 1. The highest BCUT2D eigenvalue weighted by molar-refractivity contribution is 7.10. The van der Waals surface area contributed by atoms with E-state index in [0.29, 0.717) is 32.3 Å². The molecule has 3 aliphatic rings. The Hall–Kier alpha value is -1.60. The summed E-state index contributed by atoms with van der Waals surface area (Å²) >= 11 is 1.86. The molecule has 2 fully saturated rings. The summed E-state index contributed by atoms with van der Waals surface area (Å²) < 4.78 is 5.05. The maximum Gasteiger partial charge on any atom is 0.409 e. The van der Waals surface area contributed by atoms with Gasteiger partial charge in [0.05, 0.1) is 13.2 Å². The number of carbonyl (C=O) groups excluding carboxylic acids is 2. The predicted molar refractivity (Wildman–Crippen MR) is 105 cm³/mol. The Morgan fingerprint density at radius 2 is 2.00 bits per heavy atom. The molecule has 0 spiro atoms. The second kappa shape index (κ2) is 8.19. The Labute approximate surface area is 164 Å². The van der Waals surface area contributed by atoms with Gasteiger partial charge in [-0.1, -0.05) is 0 Å². The van der Waals surface area contributed by atoms with Crippen LogP contribution in [0.1, 0.15) is 49.1 Å². The fourth-order valence-corrected chi connectivity index (χ4v) is 5.33. The van der Waals surface area contributed by atoms with Crippen LogP contribution < -0.4 is 5.32 Å². The van der Waals surface area contributed by atoms with Crippen molar-refractivity contribution in [2.75, 3.05) is 32.8 Å². The van der Waals surface area contributed by atoms with Crippen LogP contribution in [0.5, 0.6) is 0 Å². The molecule has 2 aliphatic heterocycles. The molecule has 0 unspecified atom stereocenters. The maximum absolute atomic E-state index is 12.7. The standard InChI is InChI=1S/C20H29N3O3S/c1-2-26-20(25)22-9-5-15(6-10-22)21-18(24)13-23-11-7-17-16(8-12-27-17)19(23)14-3-4-14/h8,12,14-15,19H,2-7,9-11,13H2,1H3,(H,21,24)/t19-/m0/s1. The van der Waals surface area contributed by atoms with E-state index >= 15 is 0 Å². The minimum absolute atomic E-state index is 0.119. The van der Waals surface area contributed by atoms with Gasteiger partial charge < -0.3 is 15.0 Å². The van der Waals surface area contributed by atoms with Crippen LogP contribution in [0.3, 0.4) is 0 Å². The van der Waals surface area contributed by atoms with Gasteiger partial charge >= 0.3 is 6.09 Å². The number of hydrogen-bond acceptors (Lipinski definition) is 5. The van der Waals surface area contributed by atoms with E-state index in [9.17, 15) is 9.59 Å². The van der Waals surface area contributed by atoms with E-state index in [1.54, 1.807) is 4.90 Å². The molecule has 2 amide bonds. The first-order valence-corrected chi connectivity index (χ1v) is 11.0. The van der Waals surface area contributed by atoms with Gasteiger partial charge in [-0.25, -0.2) is 4.79 Å². The lowest BCUT2D eigenvalue weighted by Gasteiger charge is -2.36. The van der Waals surface area contributed by atoms with Crippen LogP contribution in [0.15, 0.2) is 11.4 Å². The number of thiophene rings is 1. The molecule has 3 heterocycles. The summed E-state index contributed by atoms with van der Waals surface area (Å²) in [5, 5.41) is 5.39. The highest BCUT2D eigenvalue weighted by Crippen LogP contribution is 2.48. The predicted octanol–water partition coefficient (Wildman–Crippen LogP) is 2.79. The van der Waals surface area contributed by atoms with Crippen LogP contribution in [-0.4, -0.2) is 60.6 Å². The van der Waals surface area contributed by atoms with Crippen molar-refractivity contribution in [3.8, 4) is 0 Å². The number of piperidine rings is 1. The van der Waals surface area contributed by atoms with E-state index in [-0.39, 0.29) is 18.0 Å². The number of hydrogen-bond donors (Lipinski definition) is 1. The van der Waals surface area contributed by atoms with Crippen LogP contribution in [0.4, 0.5) is 4.79 Å². The summed E-state index contributed by atoms with van der Waals surface area (Å²) in [4.78, 5) is 30.1. The zero-order chi connectivity index (χ0) is 18.8. The number of rotatable bonds is 5. The summed E-state index contributed by atoms with van der Waals surface area (Å²) in [5.41, 5.74) is 1.46. The third-order valence-corrected chi connectivity index (χ3v) is 6.92. The van der Waals surface area contributed by atoms with E-state index in [4.69, 9.17) is 4.74 Å². The number of fused-ring (bicyclic) bond motifs is 1. The summed E-state index contributed by atoms with van der Waals surface area (Å²) in [7, 11) is 0. The largest absolute Gasteiger partial charge is 0.450 e. The molecule has 1 aromatic heterocycles. The van der Waals surface area contributed by atoms with Gasteiger partial charge in [-0.05, 0) is 62.0 Å². The van der Waals surface area contributed by atoms with Crippen molar-refractivity contribution in [3.63, 3.8) is 0 Å². The minimum Gasteiger partial charge on any atom is -0.450 e. The summed E-state index contributed by atoms with van der Waals surface area (Å²) in [6.45, 7) is 4.98. The zero-order valence-electron chi connectivity index (χ0n) is 16.0. The van der Waals surface area contributed by atoms with Crippen molar-refractivity contribution >= 4 is 23.3 Å². The summed E-state index contributed by atoms with van der Waals surface area (Å²) in [6, 6.07) is 2.85. The molecule has 1 atom stereocenters. The fraction of sp³-hybridized carbons (Fsp3) is 0.700. The van der Waals surface area contributed by atoms with Gasteiger partial charge in [0.25, 0.3) is 0 Å². The third kappa shape index (κ3) is 4.29. The molecule has 1 aromatic rings. The van der Waals surface area contributed by atoms with Crippen LogP contribution in [-0.2, 0) is 16.0 Å². The van der Waals surface area contributed by atoms with Gasteiger partial charge in [0.1, 0.15) is 0 Å². The maximum atomic E-state index is 12.7. The Kier molecular flexibility index (Phi) is 5.68. The Morgan fingerprint density at radius 1 is 1.22 bits per heavy atom. The van der Waals surface area contributed by atoms with Gasteiger partial charge in [-0.15, -0.1) is 11.3 Å². The molecule has 0 bridgehead atoms. The van der Waals surface area contributed by atoms with E-state index in [2.05, 4.69) is 21.7 Å². The van der Waals surface area contributed by atoms with Crippen molar-refractivity contribution in [2.45, 2.75) is 51.1 Å². The molecule has 4 rings (SSSR count). The number of nitrogens with zero attached hydrogens (tertiary/aromatic N) is 2. The fourth-order valence-electron chi connectivity index (χ4n) is 4.42. The molecule has 1 saturated carbocycles. The van der Waals surface area contributed by atoms with Crippen molar-refractivity contribution in [2.24, 2.45) is 5.92 Å². The van der Waals surface area contributed by atoms with E-state index in [1.165, 1.54) is 23.3 Å². The molecule has 148 valence electrons. The van der Waals surface area contributed by atoms with Gasteiger partial charge in [-0.2, -0.15) is 0 Å². The molecular formula is C20H29N3O3S. The smallest absolute Gasteiger partial charge is 0.409 e. The SMILES string of the molecule is CCOC(=O)N1CCC(NC(=O)CN2CCc3sccc3[C@@H]2C2CC2)CC1. The second-order valence-electron chi connectivity index (χ2n) is 7.83. The van der Waals surface area contributed by atoms with Gasteiger partial charge in [0.15, 0.2) is 0 Å². The van der Waals surface area contributed by atoms with E-state index in [0.717, 1.165) is 31.7 Å². The van der Waals surface area contributed by atoms with Crippen molar-refractivity contribution < 1.29 is 14.3 Å². The normalized spacial score (nSPS) is 23.7. The van der Waals surface area contributed by atoms with Gasteiger partial charge in [-0.3, -0.25) is 9.69 Å². The van der Waals surface area contributed by atoms with Crippen LogP contribution in [0.2, 0.25) is 0 Å². The van der Waals surface area contributed by atoms with E-state index < -0.39 is 0 Å². The van der Waals surface area contributed by atoms with Crippen LogP contribution in [0, 0.1) is 5.92 Å². The Morgan fingerprint density at radius 3 is 2.70 bits per heavy atom. The second-order valence-corrected chi connectivity index (χ2v) is 8.83. The monoisotopic (exact) mass is 391 g/mol. The average Bonchev–Trinajstić information content (AvgIpc) is 3.38. The topological polar surface area (TPSA) is 61.9 Å². The first kappa shape index (κ1) is 18.7. The van der Waals surface area contributed by atoms with E-state index in [1.807, 2.05) is 18.3 Å². The minimum atomic E-state index is -0.241. The Bertz CT molecular complexity index is 680. The lowest BCUT2D eigenvalue weighted by atomic mass is 9.96. The van der Waals surface area contributed by atoms with Crippen molar-refractivity contribution in [3.05, 3.63) is 21.9 Å². The lowest BCUT2D eigenvalue weighted by Crippen LogP contribution is -2.50. The van der Waals surface area contributed by atoms with Gasteiger partial charge in [0, 0.05) is 36.6 Å². The summed E-state index contributed by atoms with van der Waals surface area (Å²) in [6.07, 6.45) is 4.97. The van der Waals surface area contributed by atoms with Crippen molar-refractivity contribution in [1.82, 2.24) is 15.1 Å². The third-order valence-electron chi connectivity index (χ3n) is 5.92. The van der Waals surface area contributed by atoms with Crippen molar-refractivity contribution in [1.29, 1.82) is 0 Å². The molecular weight excluding hydrogens is 362 g/mol. The number of nitrogens with one attached hydrogen (secondary N) is 1. The molecule has 6 nitrogen and oxygen atoms in total. The quantitative estimate of drug-likeness (QED) is 0.838. The molecule has 7 heteroatoms. The van der Waals surface area contributed by atoms with Crippen LogP contribution >= 0.6 is 11.3 Å². The van der Waals surface area contributed by atoms with Crippen LogP contribution in [0.25, 0.3) is 0 Å². The number of amides is 2. The molecule has 0 radical (unpaired) electrons. The van der Waals surface area contributed by atoms with Gasteiger partial charge in [0.2, 0.25) is 5.91 Å². The first-order valence-electron chi connectivity index (χ1n) is 10.2. The highest BCUT2D eigenvalue weighted by atomic mass is 32.1. The highest BCUT2D eigenvalue weighted by Gasteiger charge is 2.40. The Balaban J connectivity index is 1.28. The summed E-state index contributed by atoms with van der Waals surface area (Å²) in [5.74, 6) is 0.841. The molecule has 1 N–H and O–H groups in total. The zero-order valence-corrected chi connectivity index (χ0v) is 16.8. The lowest BCUT2D eigenvalue weighted by molar-refractivity contribution is -0.124. The molecule has 1 saturated heterocycles. The number of carbonyl (C=O) groups is 2. The molecule has 0 aromatic carbocycles. The average molecular weight is 392 g/mol. The first-order chi connectivity index (χ1) is 13.2. The molecule has 27 heavy (non-hydrogen) atoms.